The molecule has 1 N–H and O–H groups in total. The summed E-state index contributed by atoms with van der Waals surface area (Å²) in [4.78, 5) is 12.3. The number of para-hydroxylation sites is 1. The lowest BCUT2D eigenvalue weighted by Crippen LogP contribution is -2.08. The molecule has 0 fully saturated rings. The molecular formula is C22H18ClNO3. The van der Waals surface area contributed by atoms with E-state index in [9.17, 15) is 4.79 Å². The summed E-state index contributed by atoms with van der Waals surface area (Å²) in [6.45, 7) is 0. The third kappa shape index (κ3) is 5.36. The van der Waals surface area contributed by atoms with Crippen molar-refractivity contribution in [2.75, 3.05) is 12.4 Å². The van der Waals surface area contributed by atoms with Crippen molar-refractivity contribution in [2.45, 2.75) is 0 Å². The Morgan fingerprint density at radius 1 is 0.963 bits per heavy atom. The molecule has 4 nitrogen and oxygen atoms in total. The molecule has 0 spiro atoms. The Balaban J connectivity index is 1.72. The Morgan fingerprint density at radius 3 is 2.41 bits per heavy atom. The Morgan fingerprint density at radius 2 is 1.70 bits per heavy atom. The van der Waals surface area contributed by atoms with Crippen LogP contribution in [-0.2, 0) is 4.79 Å². The van der Waals surface area contributed by atoms with Gasteiger partial charge in [0.2, 0.25) is 5.91 Å². The summed E-state index contributed by atoms with van der Waals surface area (Å²) in [5.74, 6) is 1.66. The van der Waals surface area contributed by atoms with Crippen LogP contribution in [0.3, 0.4) is 0 Å². The molecule has 0 unspecified atom stereocenters. The van der Waals surface area contributed by atoms with E-state index < -0.39 is 0 Å². The average molecular weight is 380 g/mol. The predicted octanol–water partition coefficient (Wildman–Crippen LogP) is 5.79. The van der Waals surface area contributed by atoms with E-state index in [1.807, 2.05) is 54.6 Å². The monoisotopic (exact) mass is 379 g/mol. The zero-order valence-electron chi connectivity index (χ0n) is 14.7. The van der Waals surface area contributed by atoms with Crippen molar-refractivity contribution in [3.05, 3.63) is 89.5 Å². The van der Waals surface area contributed by atoms with Gasteiger partial charge in [-0.1, -0.05) is 41.9 Å². The number of hydrogen-bond acceptors (Lipinski definition) is 3. The summed E-state index contributed by atoms with van der Waals surface area (Å²) in [5.41, 5.74) is 1.38. The highest BCUT2D eigenvalue weighted by molar-refractivity contribution is 6.31. The molecule has 0 aliphatic heterocycles. The van der Waals surface area contributed by atoms with Crippen molar-refractivity contribution < 1.29 is 14.3 Å². The molecule has 3 aromatic rings. The predicted molar refractivity (Wildman–Crippen MR) is 109 cm³/mol. The molecule has 0 aromatic heterocycles. The SMILES string of the molecule is COc1ccc(/C=C/C(=O)Nc2cc(Cl)ccc2Oc2ccccc2)cc1. The number of hydrogen-bond donors (Lipinski definition) is 1. The van der Waals surface area contributed by atoms with Gasteiger partial charge in [0.15, 0.2) is 5.75 Å². The fraction of sp³-hybridized carbons (Fsp3) is 0.0455. The van der Waals surface area contributed by atoms with Crippen LogP contribution in [-0.4, -0.2) is 13.0 Å². The zero-order chi connectivity index (χ0) is 19.1. The molecule has 0 aliphatic rings. The smallest absolute Gasteiger partial charge is 0.248 e. The average Bonchev–Trinajstić information content (AvgIpc) is 2.70. The molecule has 0 heterocycles. The first-order chi connectivity index (χ1) is 13.1. The number of halogens is 1. The van der Waals surface area contributed by atoms with E-state index in [0.717, 1.165) is 11.3 Å². The van der Waals surface area contributed by atoms with E-state index in [2.05, 4.69) is 5.32 Å². The summed E-state index contributed by atoms with van der Waals surface area (Å²) >= 11 is 6.07. The summed E-state index contributed by atoms with van der Waals surface area (Å²) in [5, 5.41) is 3.31. The fourth-order valence-corrected chi connectivity index (χ4v) is 2.54. The molecule has 27 heavy (non-hydrogen) atoms. The quantitative estimate of drug-likeness (QED) is 0.551. The van der Waals surface area contributed by atoms with Crippen LogP contribution in [0.4, 0.5) is 5.69 Å². The molecule has 0 saturated carbocycles. The molecule has 136 valence electrons. The Kier molecular flexibility index (Phi) is 6.13. The number of carbonyl (C=O) groups is 1. The van der Waals surface area contributed by atoms with Crippen molar-refractivity contribution in [3.8, 4) is 17.2 Å². The summed E-state index contributed by atoms with van der Waals surface area (Å²) in [6, 6.07) is 21.8. The van der Waals surface area contributed by atoms with E-state index in [0.29, 0.717) is 22.2 Å². The van der Waals surface area contributed by atoms with E-state index in [1.165, 1.54) is 6.08 Å². The van der Waals surface area contributed by atoms with Crippen LogP contribution >= 0.6 is 11.6 Å². The molecular weight excluding hydrogens is 362 g/mol. The summed E-state index contributed by atoms with van der Waals surface area (Å²) in [7, 11) is 1.61. The number of anilines is 1. The highest BCUT2D eigenvalue weighted by Gasteiger charge is 2.08. The minimum absolute atomic E-state index is 0.286. The van der Waals surface area contributed by atoms with Crippen molar-refractivity contribution in [1.82, 2.24) is 0 Å². The number of methoxy groups -OCH3 is 1. The number of carbonyl (C=O) groups excluding carboxylic acids is 1. The maximum atomic E-state index is 12.3. The van der Waals surface area contributed by atoms with E-state index in [1.54, 1.807) is 31.4 Å². The molecule has 5 heteroatoms. The lowest BCUT2D eigenvalue weighted by atomic mass is 10.2. The van der Waals surface area contributed by atoms with Gasteiger partial charge in [-0.2, -0.15) is 0 Å². The summed E-state index contributed by atoms with van der Waals surface area (Å²) in [6.07, 6.45) is 3.17. The Labute approximate surface area is 163 Å². The van der Waals surface area contributed by atoms with Gasteiger partial charge >= 0.3 is 0 Å². The van der Waals surface area contributed by atoms with Gasteiger partial charge < -0.3 is 14.8 Å². The molecule has 3 rings (SSSR count). The molecule has 0 aliphatic carbocycles. The minimum atomic E-state index is -0.286. The van der Waals surface area contributed by atoms with Crippen molar-refractivity contribution >= 4 is 29.3 Å². The second-order valence-corrected chi connectivity index (χ2v) is 6.09. The molecule has 1 amide bonds. The molecule has 0 saturated heterocycles. The number of ether oxygens (including phenoxy) is 2. The molecule has 0 radical (unpaired) electrons. The first-order valence-electron chi connectivity index (χ1n) is 8.29. The second-order valence-electron chi connectivity index (χ2n) is 5.65. The number of amides is 1. The van der Waals surface area contributed by atoms with Gasteiger partial charge in [-0.05, 0) is 54.1 Å². The van der Waals surface area contributed by atoms with Crippen LogP contribution in [0.2, 0.25) is 5.02 Å². The van der Waals surface area contributed by atoms with Gasteiger partial charge in [-0.15, -0.1) is 0 Å². The van der Waals surface area contributed by atoms with Crippen LogP contribution in [0.25, 0.3) is 6.08 Å². The van der Waals surface area contributed by atoms with Crippen molar-refractivity contribution in [3.63, 3.8) is 0 Å². The van der Waals surface area contributed by atoms with Gasteiger partial charge in [0.25, 0.3) is 0 Å². The van der Waals surface area contributed by atoms with Crippen molar-refractivity contribution in [2.24, 2.45) is 0 Å². The molecule has 0 atom stereocenters. The lowest BCUT2D eigenvalue weighted by Gasteiger charge is -2.12. The zero-order valence-corrected chi connectivity index (χ0v) is 15.4. The minimum Gasteiger partial charge on any atom is -0.497 e. The van der Waals surface area contributed by atoms with E-state index >= 15 is 0 Å². The first kappa shape index (κ1) is 18.5. The van der Waals surface area contributed by atoms with Gasteiger partial charge in [-0.25, -0.2) is 0 Å². The Bertz CT molecular complexity index is 938. The van der Waals surface area contributed by atoms with Crippen LogP contribution in [0.5, 0.6) is 17.2 Å². The maximum absolute atomic E-state index is 12.3. The highest BCUT2D eigenvalue weighted by atomic mass is 35.5. The highest BCUT2D eigenvalue weighted by Crippen LogP contribution is 2.32. The van der Waals surface area contributed by atoms with Gasteiger partial charge in [0, 0.05) is 11.1 Å². The molecule has 0 bridgehead atoms. The summed E-state index contributed by atoms with van der Waals surface area (Å²) < 4.78 is 11.0. The number of nitrogens with one attached hydrogen (secondary N) is 1. The maximum Gasteiger partial charge on any atom is 0.248 e. The van der Waals surface area contributed by atoms with Crippen molar-refractivity contribution in [1.29, 1.82) is 0 Å². The lowest BCUT2D eigenvalue weighted by molar-refractivity contribution is -0.111. The third-order valence-electron chi connectivity index (χ3n) is 3.71. The van der Waals surface area contributed by atoms with E-state index in [-0.39, 0.29) is 5.91 Å². The van der Waals surface area contributed by atoms with Crippen LogP contribution in [0.15, 0.2) is 78.9 Å². The van der Waals surface area contributed by atoms with Gasteiger partial charge in [0.05, 0.1) is 12.8 Å². The Hall–Kier alpha value is -3.24. The standard InChI is InChI=1S/C22H18ClNO3/c1-26-18-11-7-16(8-12-18)9-14-22(25)24-20-15-17(23)10-13-21(20)27-19-5-3-2-4-6-19/h2-15H,1H3,(H,24,25)/b14-9+. The first-order valence-corrected chi connectivity index (χ1v) is 8.67. The van der Waals surface area contributed by atoms with Gasteiger partial charge in [0.1, 0.15) is 11.5 Å². The topological polar surface area (TPSA) is 47.6 Å². The largest absolute Gasteiger partial charge is 0.497 e. The fourth-order valence-electron chi connectivity index (χ4n) is 2.37. The number of rotatable bonds is 6. The second kappa shape index (κ2) is 8.92. The van der Waals surface area contributed by atoms with Crippen LogP contribution < -0.4 is 14.8 Å². The van der Waals surface area contributed by atoms with E-state index in [4.69, 9.17) is 21.1 Å². The normalized spacial score (nSPS) is 10.6. The van der Waals surface area contributed by atoms with Crippen LogP contribution in [0, 0.1) is 0 Å². The van der Waals surface area contributed by atoms with Crippen LogP contribution in [0.1, 0.15) is 5.56 Å². The number of benzene rings is 3. The van der Waals surface area contributed by atoms with Gasteiger partial charge in [-0.3, -0.25) is 4.79 Å². The molecule has 3 aromatic carbocycles. The third-order valence-corrected chi connectivity index (χ3v) is 3.95.